The molecular formula is C3HNO3. The zero-order valence-electron chi connectivity index (χ0n) is 3.25. The summed E-state index contributed by atoms with van der Waals surface area (Å²) in [5, 5.41) is 1.87. The van der Waals surface area contributed by atoms with Gasteiger partial charge in [0.1, 0.15) is 5.94 Å². The summed E-state index contributed by atoms with van der Waals surface area (Å²) in [5.41, 5.74) is 0. The van der Waals surface area contributed by atoms with Gasteiger partial charge in [0.25, 0.3) is 0 Å². The monoisotopic (exact) mass is 99.0 g/mol. The van der Waals surface area contributed by atoms with Gasteiger partial charge >= 0.3 is 5.91 Å². The van der Waals surface area contributed by atoms with Gasteiger partial charge in [-0.1, -0.05) is 0 Å². The number of rotatable bonds is 1. The average Bonchev–Trinajstić information content (AvgIpc) is 1.68. The number of hydrogen-bond acceptors (Lipinski definition) is 3. The number of carbonyl (C=O) groups is 1. The maximum Gasteiger partial charge on any atom is 0.320 e. The molecule has 0 aliphatic heterocycles. The third-order valence-corrected chi connectivity index (χ3v) is 0.272. The van der Waals surface area contributed by atoms with E-state index in [4.69, 9.17) is 4.91 Å². The molecule has 4 nitrogen and oxygen atoms in total. The fourth-order valence-corrected chi connectivity index (χ4v) is 0.0768. The molecule has 36 valence electrons. The van der Waals surface area contributed by atoms with Crippen LogP contribution in [0.5, 0.6) is 0 Å². The number of hydrogen-bond donors (Lipinski definition) is 0. The molecule has 7 heavy (non-hydrogen) atoms. The van der Waals surface area contributed by atoms with Crippen LogP contribution in [-0.2, 0) is 9.59 Å². The van der Waals surface area contributed by atoms with Gasteiger partial charge in [0.2, 0.25) is 0 Å². The Morgan fingerprint density at radius 2 is 2.29 bits per heavy atom. The van der Waals surface area contributed by atoms with E-state index in [9.17, 15) is 9.59 Å². The number of carbonyl (C=O) groups excluding carboxylic acids is 2. The van der Waals surface area contributed by atoms with Crippen LogP contribution in [0.2, 0.25) is 0 Å². The minimum absolute atomic E-state index is 0.424. The number of amides is 1. The van der Waals surface area contributed by atoms with Crippen molar-refractivity contribution in [3.05, 3.63) is 11.0 Å². The quantitative estimate of drug-likeness (QED) is 0.257. The lowest BCUT2D eigenvalue weighted by atomic mass is 10.6. The summed E-state index contributed by atoms with van der Waals surface area (Å²) in [6, 6.07) is 0. The highest BCUT2D eigenvalue weighted by atomic mass is 16.3. The molecule has 0 radical (unpaired) electrons. The van der Waals surface area contributed by atoms with Gasteiger partial charge < -0.3 is 0 Å². The van der Waals surface area contributed by atoms with E-state index in [-0.39, 0.29) is 0 Å². The van der Waals surface area contributed by atoms with E-state index in [1.54, 1.807) is 0 Å². The fraction of sp³-hybridized carbons (Fsp3) is 0. The lowest BCUT2D eigenvalue weighted by Crippen LogP contribution is -1.81. The maximum atomic E-state index is 9.61. The van der Waals surface area contributed by atoms with Gasteiger partial charge in [-0.3, -0.25) is 4.79 Å². The minimum atomic E-state index is -1.10. The highest BCUT2D eigenvalue weighted by molar-refractivity contribution is 5.94. The fourth-order valence-electron chi connectivity index (χ4n) is 0.0768. The Labute approximate surface area is 38.8 Å². The van der Waals surface area contributed by atoms with Gasteiger partial charge in [0, 0.05) is 5.18 Å². The molecule has 0 aromatic rings. The van der Waals surface area contributed by atoms with Gasteiger partial charge in [0.05, 0.1) is 6.08 Å². The molecule has 0 heterocycles. The molecule has 0 aromatic carbocycles. The van der Waals surface area contributed by atoms with E-state index in [2.05, 4.69) is 0 Å². The Morgan fingerprint density at radius 3 is 2.43 bits per heavy atom. The van der Waals surface area contributed by atoms with Crippen LogP contribution in [0.15, 0.2) is 11.3 Å². The first-order valence-electron chi connectivity index (χ1n) is 1.39. The average molecular weight is 99.0 g/mol. The minimum Gasteiger partial charge on any atom is -0.263 e. The van der Waals surface area contributed by atoms with Gasteiger partial charge in [-0.15, -0.1) is 4.91 Å². The third-order valence-electron chi connectivity index (χ3n) is 0.272. The molecule has 0 rings (SSSR count). The van der Waals surface area contributed by atoms with E-state index in [1.807, 2.05) is 5.18 Å². The molecule has 1 amide bonds. The van der Waals surface area contributed by atoms with Gasteiger partial charge in [0.15, 0.2) is 0 Å². The van der Waals surface area contributed by atoms with Crippen LogP contribution in [-0.4, -0.2) is 11.8 Å². The van der Waals surface area contributed by atoms with E-state index in [1.165, 1.54) is 0 Å². The normalized spacial score (nSPS) is 6.29. The topological polar surface area (TPSA) is 63.6 Å². The van der Waals surface area contributed by atoms with Crippen LogP contribution in [0.3, 0.4) is 0 Å². The van der Waals surface area contributed by atoms with Crippen molar-refractivity contribution in [1.29, 1.82) is 0 Å². The third kappa shape index (κ3) is 2.52. The predicted octanol–water partition coefficient (Wildman–Crippen LogP) is -0.333. The highest BCUT2D eigenvalue weighted by Crippen LogP contribution is 1.67. The molecule has 0 saturated heterocycles. The predicted molar refractivity (Wildman–Crippen MR) is 21.1 cm³/mol. The SMILES string of the molecule is O=C=CC(=O)N=O. The number of nitrogens with zero attached hydrogens (tertiary/aromatic N) is 1. The lowest BCUT2D eigenvalue weighted by molar-refractivity contribution is -0.113. The van der Waals surface area contributed by atoms with Crippen LogP contribution in [0.25, 0.3) is 0 Å². The summed E-state index contributed by atoms with van der Waals surface area (Å²) in [4.78, 5) is 27.9. The molecule has 0 atom stereocenters. The standard InChI is InChI=1S/C3HNO3/c5-2-1-3(6)4-7/h1H. The largest absolute Gasteiger partial charge is 0.320 e. The Bertz CT molecular complexity index is 133. The van der Waals surface area contributed by atoms with Crippen molar-refractivity contribution in [2.45, 2.75) is 0 Å². The van der Waals surface area contributed by atoms with E-state index < -0.39 is 5.91 Å². The zero-order valence-corrected chi connectivity index (χ0v) is 3.25. The molecule has 0 bridgehead atoms. The first-order chi connectivity index (χ1) is 3.31. The van der Waals surface area contributed by atoms with E-state index in [0.29, 0.717) is 6.08 Å². The van der Waals surface area contributed by atoms with Crippen molar-refractivity contribution in [2.24, 2.45) is 5.18 Å². The summed E-state index contributed by atoms with van der Waals surface area (Å²) >= 11 is 0. The maximum absolute atomic E-state index is 9.61. The Hall–Kier alpha value is -1.28. The molecule has 0 saturated carbocycles. The van der Waals surface area contributed by atoms with Crippen LogP contribution < -0.4 is 0 Å². The molecule has 0 spiro atoms. The Morgan fingerprint density at radius 1 is 1.71 bits per heavy atom. The second kappa shape index (κ2) is 2.93. The molecule has 0 aliphatic rings. The first kappa shape index (κ1) is 5.72. The van der Waals surface area contributed by atoms with Crippen LogP contribution in [0, 0.1) is 4.91 Å². The molecule has 0 N–H and O–H groups in total. The summed E-state index contributed by atoms with van der Waals surface area (Å²) < 4.78 is 0. The van der Waals surface area contributed by atoms with E-state index >= 15 is 0 Å². The van der Waals surface area contributed by atoms with Crippen molar-refractivity contribution in [2.75, 3.05) is 0 Å². The van der Waals surface area contributed by atoms with Crippen molar-refractivity contribution < 1.29 is 9.59 Å². The molecule has 0 fully saturated rings. The highest BCUT2D eigenvalue weighted by Gasteiger charge is 1.87. The first-order valence-corrected chi connectivity index (χ1v) is 1.39. The molecular weight excluding hydrogens is 98.0 g/mol. The van der Waals surface area contributed by atoms with E-state index in [0.717, 1.165) is 5.94 Å². The molecule has 4 heteroatoms. The van der Waals surface area contributed by atoms with Crippen molar-refractivity contribution in [3.8, 4) is 0 Å². The molecule has 0 aliphatic carbocycles. The Kier molecular flexibility index (Phi) is 2.40. The summed E-state index contributed by atoms with van der Waals surface area (Å²) in [6.45, 7) is 0. The molecule has 0 unspecified atom stereocenters. The van der Waals surface area contributed by atoms with Crippen molar-refractivity contribution in [1.82, 2.24) is 0 Å². The summed E-state index contributed by atoms with van der Waals surface area (Å²) in [6.07, 6.45) is 0.424. The molecule has 0 aromatic heterocycles. The van der Waals surface area contributed by atoms with Crippen molar-refractivity contribution in [3.63, 3.8) is 0 Å². The van der Waals surface area contributed by atoms with Crippen LogP contribution in [0.1, 0.15) is 0 Å². The second-order valence-electron chi connectivity index (χ2n) is 0.692. The summed E-state index contributed by atoms with van der Waals surface area (Å²) in [5.74, 6) is -0.00176. The smallest absolute Gasteiger partial charge is 0.263 e. The second-order valence-corrected chi connectivity index (χ2v) is 0.692. The van der Waals surface area contributed by atoms with Crippen molar-refractivity contribution >= 4 is 11.8 Å². The zero-order chi connectivity index (χ0) is 5.70. The Balaban J connectivity index is 3.82. The van der Waals surface area contributed by atoms with Crippen LogP contribution >= 0.6 is 0 Å². The van der Waals surface area contributed by atoms with Crippen LogP contribution in [0.4, 0.5) is 0 Å². The van der Waals surface area contributed by atoms with Gasteiger partial charge in [-0.05, 0) is 0 Å². The lowest BCUT2D eigenvalue weighted by Gasteiger charge is -1.60. The van der Waals surface area contributed by atoms with Gasteiger partial charge in [-0.25, -0.2) is 4.79 Å². The summed E-state index contributed by atoms with van der Waals surface area (Å²) in [7, 11) is 0. The van der Waals surface area contributed by atoms with Gasteiger partial charge in [-0.2, -0.15) is 0 Å². The number of nitroso groups, excluding NO2 is 1.